The van der Waals surface area contributed by atoms with Crippen LogP contribution in [-0.2, 0) is 0 Å². The van der Waals surface area contributed by atoms with Crippen LogP contribution in [0.5, 0.6) is 11.5 Å². The molecule has 3 heteroatoms. The smallest absolute Gasteiger partial charge is 0.142 e. The minimum atomic E-state index is 0.174. The number of hydrogen-bond donors (Lipinski definition) is 2. The van der Waals surface area contributed by atoms with E-state index < -0.39 is 0 Å². The van der Waals surface area contributed by atoms with Crippen LogP contribution < -0.4 is 0 Å². The molecule has 2 N–H and O–H groups in total. The van der Waals surface area contributed by atoms with Crippen LogP contribution in [0.15, 0.2) is 54.7 Å². The van der Waals surface area contributed by atoms with Gasteiger partial charge in [0.15, 0.2) is 0 Å². The molecule has 0 aliphatic heterocycles. The van der Waals surface area contributed by atoms with E-state index in [0.29, 0.717) is 5.52 Å². The first-order valence-electron chi connectivity index (χ1n) is 6.27. The van der Waals surface area contributed by atoms with Gasteiger partial charge in [-0.2, -0.15) is 0 Å². The first kappa shape index (κ1) is 12.2. The molecule has 3 aromatic rings. The zero-order valence-corrected chi connectivity index (χ0v) is 10.7. The molecule has 0 atom stereocenters. The molecule has 0 saturated carbocycles. The van der Waals surface area contributed by atoms with Gasteiger partial charge < -0.3 is 10.2 Å². The monoisotopic (exact) mass is 263 g/mol. The van der Waals surface area contributed by atoms with Gasteiger partial charge in [-0.1, -0.05) is 30.4 Å². The summed E-state index contributed by atoms with van der Waals surface area (Å²) in [7, 11) is 0. The van der Waals surface area contributed by atoms with Crippen LogP contribution in [0.1, 0.15) is 11.1 Å². The maximum Gasteiger partial charge on any atom is 0.142 e. The number of fused-ring (bicyclic) bond motifs is 1. The molecule has 0 aliphatic rings. The van der Waals surface area contributed by atoms with Crippen molar-refractivity contribution in [3.8, 4) is 11.5 Å². The summed E-state index contributed by atoms with van der Waals surface area (Å²) in [6.45, 7) is 0. The van der Waals surface area contributed by atoms with Gasteiger partial charge in [-0.25, -0.2) is 0 Å². The van der Waals surface area contributed by atoms with Crippen molar-refractivity contribution in [1.82, 2.24) is 4.98 Å². The SMILES string of the molecule is Oc1ccc(/C=C/c2cc(O)c3ncccc3c2)cc1. The van der Waals surface area contributed by atoms with Crippen LogP contribution in [0.25, 0.3) is 23.1 Å². The van der Waals surface area contributed by atoms with Crippen molar-refractivity contribution in [3.63, 3.8) is 0 Å². The van der Waals surface area contributed by atoms with E-state index in [4.69, 9.17) is 0 Å². The van der Waals surface area contributed by atoms with Gasteiger partial charge in [-0.05, 0) is 41.5 Å². The third-order valence-corrected chi connectivity index (χ3v) is 3.07. The predicted molar refractivity (Wildman–Crippen MR) is 80.4 cm³/mol. The molecule has 3 nitrogen and oxygen atoms in total. The highest BCUT2D eigenvalue weighted by molar-refractivity contribution is 5.87. The molecule has 1 heterocycles. The molecule has 20 heavy (non-hydrogen) atoms. The average molecular weight is 263 g/mol. The van der Waals surface area contributed by atoms with Crippen LogP contribution >= 0.6 is 0 Å². The molecule has 0 spiro atoms. The summed E-state index contributed by atoms with van der Waals surface area (Å²) in [5, 5.41) is 20.1. The van der Waals surface area contributed by atoms with Gasteiger partial charge in [0, 0.05) is 11.6 Å². The van der Waals surface area contributed by atoms with Crippen LogP contribution in [0.3, 0.4) is 0 Å². The zero-order valence-electron chi connectivity index (χ0n) is 10.7. The van der Waals surface area contributed by atoms with Crippen LogP contribution in [0.2, 0.25) is 0 Å². The Bertz CT molecular complexity index is 777. The maximum atomic E-state index is 9.96. The van der Waals surface area contributed by atoms with Crippen LogP contribution in [-0.4, -0.2) is 15.2 Å². The van der Waals surface area contributed by atoms with Gasteiger partial charge in [0.2, 0.25) is 0 Å². The normalized spacial score (nSPS) is 11.2. The van der Waals surface area contributed by atoms with E-state index >= 15 is 0 Å². The number of phenolic OH excluding ortho intramolecular Hbond substituents is 2. The lowest BCUT2D eigenvalue weighted by molar-refractivity contribution is 0.475. The maximum absolute atomic E-state index is 9.96. The number of aromatic hydroxyl groups is 2. The van der Waals surface area contributed by atoms with E-state index in [0.717, 1.165) is 16.5 Å². The molecule has 2 aromatic carbocycles. The molecular weight excluding hydrogens is 250 g/mol. The van der Waals surface area contributed by atoms with Crippen molar-refractivity contribution < 1.29 is 10.2 Å². The lowest BCUT2D eigenvalue weighted by Crippen LogP contribution is -1.81. The largest absolute Gasteiger partial charge is 0.508 e. The highest BCUT2D eigenvalue weighted by atomic mass is 16.3. The van der Waals surface area contributed by atoms with Gasteiger partial charge in [-0.3, -0.25) is 4.98 Å². The van der Waals surface area contributed by atoms with E-state index in [9.17, 15) is 10.2 Å². The Balaban J connectivity index is 1.96. The second-order valence-corrected chi connectivity index (χ2v) is 4.54. The van der Waals surface area contributed by atoms with Crippen molar-refractivity contribution in [2.75, 3.05) is 0 Å². The minimum absolute atomic E-state index is 0.174. The van der Waals surface area contributed by atoms with E-state index in [1.807, 2.05) is 42.5 Å². The van der Waals surface area contributed by atoms with Gasteiger partial charge >= 0.3 is 0 Å². The number of hydrogen-bond acceptors (Lipinski definition) is 3. The third kappa shape index (κ3) is 2.47. The standard InChI is InChI=1S/C17H13NO2/c19-15-7-5-12(6-8-15)3-4-13-10-14-2-1-9-18-17(14)16(20)11-13/h1-11,19-20H/b4-3+. The summed E-state index contributed by atoms with van der Waals surface area (Å²) in [5.41, 5.74) is 2.49. The average Bonchev–Trinajstić information content (AvgIpc) is 2.47. The van der Waals surface area contributed by atoms with Gasteiger partial charge in [0.1, 0.15) is 17.0 Å². The van der Waals surface area contributed by atoms with E-state index in [-0.39, 0.29) is 11.5 Å². The Hall–Kier alpha value is -2.81. The highest BCUT2D eigenvalue weighted by Crippen LogP contribution is 2.25. The summed E-state index contributed by atoms with van der Waals surface area (Å²) in [6, 6.07) is 14.4. The number of pyridine rings is 1. The fraction of sp³-hybridized carbons (Fsp3) is 0. The summed E-state index contributed by atoms with van der Waals surface area (Å²) in [5.74, 6) is 0.421. The number of aromatic nitrogens is 1. The van der Waals surface area contributed by atoms with E-state index in [1.54, 1.807) is 24.4 Å². The number of phenols is 2. The molecule has 0 unspecified atom stereocenters. The third-order valence-electron chi connectivity index (χ3n) is 3.07. The summed E-state index contributed by atoms with van der Waals surface area (Å²) in [4.78, 5) is 4.15. The molecule has 0 fully saturated rings. The number of benzene rings is 2. The Labute approximate surface area is 116 Å². The Kier molecular flexibility index (Phi) is 3.09. The Morgan fingerprint density at radius 1 is 0.850 bits per heavy atom. The first-order valence-corrected chi connectivity index (χ1v) is 6.27. The quantitative estimate of drug-likeness (QED) is 0.691. The van der Waals surface area contributed by atoms with Crippen molar-refractivity contribution >= 4 is 23.1 Å². The van der Waals surface area contributed by atoms with Crippen molar-refractivity contribution in [3.05, 3.63) is 65.9 Å². The molecule has 0 bridgehead atoms. The van der Waals surface area contributed by atoms with Crippen molar-refractivity contribution in [1.29, 1.82) is 0 Å². The molecule has 1 aromatic heterocycles. The minimum Gasteiger partial charge on any atom is -0.508 e. The molecule has 3 rings (SSSR count). The van der Waals surface area contributed by atoms with Crippen LogP contribution in [0.4, 0.5) is 0 Å². The van der Waals surface area contributed by atoms with Crippen molar-refractivity contribution in [2.45, 2.75) is 0 Å². The Morgan fingerprint density at radius 3 is 2.40 bits per heavy atom. The molecule has 0 amide bonds. The van der Waals surface area contributed by atoms with E-state index in [1.165, 1.54) is 0 Å². The zero-order chi connectivity index (χ0) is 13.9. The van der Waals surface area contributed by atoms with Crippen molar-refractivity contribution in [2.24, 2.45) is 0 Å². The van der Waals surface area contributed by atoms with Gasteiger partial charge in [0.05, 0.1) is 0 Å². The number of nitrogens with zero attached hydrogens (tertiary/aromatic N) is 1. The van der Waals surface area contributed by atoms with Gasteiger partial charge in [-0.15, -0.1) is 0 Å². The molecule has 0 radical (unpaired) electrons. The fourth-order valence-electron chi connectivity index (χ4n) is 2.07. The molecule has 0 aliphatic carbocycles. The second kappa shape index (κ2) is 5.05. The summed E-state index contributed by atoms with van der Waals surface area (Å²) >= 11 is 0. The highest BCUT2D eigenvalue weighted by Gasteiger charge is 2.01. The summed E-state index contributed by atoms with van der Waals surface area (Å²) < 4.78 is 0. The lowest BCUT2D eigenvalue weighted by Gasteiger charge is -2.02. The van der Waals surface area contributed by atoms with E-state index in [2.05, 4.69) is 4.98 Å². The number of rotatable bonds is 2. The van der Waals surface area contributed by atoms with Gasteiger partial charge in [0.25, 0.3) is 0 Å². The van der Waals surface area contributed by atoms with Crippen LogP contribution in [0, 0.1) is 0 Å². The lowest BCUT2D eigenvalue weighted by atomic mass is 10.1. The topological polar surface area (TPSA) is 53.4 Å². The molecule has 98 valence electrons. The predicted octanol–water partition coefficient (Wildman–Crippen LogP) is 3.82. The second-order valence-electron chi connectivity index (χ2n) is 4.54. The fourth-order valence-corrected chi connectivity index (χ4v) is 2.07. The Morgan fingerprint density at radius 2 is 1.60 bits per heavy atom. The molecular formula is C17H13NO2. The first-order chi connectivity index (χ1) is 9.72. The molecule has 0 saturated heterocycles. The summed E-state index contributed by atoms with van der Waals surface area (Å²) in [6.07, 6.45) is 5.50.